The zero-order valence-corrected chi connectivity index (χ0v) is 9.69. The predicted octanol–water partition coefficient (Wildman–Crippen LogP) is 3.77. The van der Waals surface area contributed by atoms with E-state index in [4.69, 9.17) is 23.8 Å². The van der Waals surface area contributed by atoms with Crippen LogP contribution in [0.3, 0.4) is 0 Å². The lowest BCUT2D eigenvalue weighted by atomic mass is 10.1. The van der Waals surface area contributed by atoms with E-state index in [2.05, 4.69) is 9.97 Å². The molecule has 1 aromatic heterocycles. The summed E-state index contributed by atoms with van der Waals surface area (Å²) in [4.78, 5) is 7.17. The van der Waals surface area contributed by atoms with E-state index in [1.54, 1.807) is 12.4 Å². The number of hydrogen-bond acceptors (Lipinski definition) is 2. The topological polar surface area (TPSA) is 28.7 Å². The van der Waals surface area contributed by atoms with Crippen molar-refractivity contribution >= 4 is 23.8 Å². The molecule has 2 aromatic rings. The van der Waals surface area contributed by atoms with Gasteiger partial charge in [-0.15, -0.1) is 0 Å². The molecule has 0 radical (unpaired) electrons. The molecule has 0 saturated heterocycles. The van der Waals surface area contributed by atoms with Crippen molar-refractivity contribution in [1.29, 1.82) is 0 Å². The minimum Gasteiger partial charge on any atom is -0.350 e. The van der Waals surface area contributed by atoms with Gasteiger partial charge in [-0.2, -0.15) is 0 Å². The average Bonchev–Trinajstić information content (AvgIpc) is 2.23. The fourth-order valence-electron chi connectivity index (χ4n) is 1.30. The molecule has 0 bridgehead atoms. The Kier molecular flexibility index (Phi) is 2.84. The molecule has 2 nitrogen and oxygen atoms in total. The van der Waals surface area contributed by atoms with Crippen molar-refractivity contribution in [2.24, 2.45) is 0 Å². The van der Waals surface area contributed by atoms with Crippen LogP contribution < -0.4 is 0 Å². The highest BCUT2D eigenvalue weighted by Gasteiger charge is 2.03. The number of nitrogens with one attached hydrogen (secondary N) is 1. The Morgan fingerprint density at radius 1 is 1.40 bits per heavy atom. The van der Waals surface area contributed by atoms with Crippen LogP contribution in [-0.4, -0.2) is 9.97 Å². The fourth-order valence-corrected chi connectivity index (χ4v) is 1.72. The largest absolute Gasteiger partial charge is 0.350 e. The Balaban J connectivity index is 2.60. The molecule has 0 atom stereocenters. The van der Waals surface area contributed by atoms with Crippen molar-refractivity contribution in [2.45, 2.75) is 6.92 Å². The lowest BCUT2D eigenvalue weighted by Gasteiger charge is -2.03. The molecule has 1 heterocycles. The van der Waals surface area contributed by atoms with E-state index in [0.29, 0.717) is 4.64 Å². The summed E-state index contributed by atoms with van der Waals surface area (Å²) in [5.41, 5.74) is 2.74. The summed E-state index contributed by atoms with van der Waals surface area (Å²) < 4.78 is 0.623. The maximum absolute atomic E-state index is 6.04. The Bertz CT molecular complexity index is 548. The van der Waals surface area contributed by atoms with E-state index >= 15 is 0 Å². The van der Waals surface area contributed by atoms with Crippen molar-refractivity contribution in [3.8, 4) is 11.3 Å². The van der Waals surface area contributed by atoms with Crippen LogP contribution in [0.4, 0.5) is 0 Å². The molecule has 76 valence electrons. The van der Waals surface area contributed by atoms with Crippen molar-refractivity contribution in [3.63, 3.8) is 0 Å². The van der Waals surface area contributed by atoms with Gasteiger partial charge in [-0.1, -0.05) is 36.0 Å². The summed E-state index contributed by atoms with van der Waals surface area (Å²) in [6.07, 6.45) is 3.39. The van der Waals surface area contributed by atoms with Gasteiger partial charge in [-0.25, -0.2) is 0 Å². The molecule has 4 heteroatoms. The first-order valence-corrected chi connectivity index (χ1v) is 5.27. The quantitative estimate of drug-likeness (QED) is 0.764. The van der Waals surface area contributed by atoms with E-state index in [1.165, 1.54) is 0 Å². The number of hydrogen-bond donors (Lipinski definition) is 1. The molecule has 0 aliphatic rings. The first-order valence-electron chi connectivity index (χ1n) is 4.48. The second kappa shape index (κ2) is 4.13. The number of benzene rings is 1. The SMILES string of the molecule is Cc1ccc(-c2ncc[nH]c2=S)cc1Cl. The number of aryl methyl sites for hydroxylation is 1. The Labute approximate surface area is 98.0 Å². The highest BCUT2D eigenvalue weighted by atomic mass is 35.5. The molecule has 0 aliphatic heterocycles. The maximum atomic E-state index is 6.04. The minimum atomic E-state index is 0.623. The second-order valence-electron chi connectivity index (χ2n) is 3.23. The first-order chi connectivity index (χ1) is 7.18. The van der Waals surface area contributed by atoms with Gasteiger partial charge in [-0.05, 0) is 18.6 Å². The lowest BCUT2D eigenvalue weighted by molar-refractivity contribution is 1.18. The number of aromatic amines is 1. The third-order valence-corrected chi connectivity index (χ3v) is 2.87. The monoisotopic (exact) mass is 236 g/mol. The normalized spacial score (nSPS) is 10.3. The van der Waals surface area contributed by atoms with Crippen molar-refractivity contribution in [2.75, 3.05) is 0 Å². The molecule has 0 amide bonds. The third-order valence-electron chi connectivity index (χ3n) is 2.15. The lowest BCUT2D eigenvalue weighted by Crippen LogP contribution is -1.87. The number of rotatable bonds is 1. The van der Waals surface area contributed by atoms with Gasteiger partial charge in [0.1, 0.15) is 10.3 Å². The molecule has 2 rings (SSSR count). The standard InChI is InChI=1S/C11H9ClN2S/c1-7-2-3-8(6-9(7)12)10-11(15)14-5-4-13-10/h2-6H,1H3,(H,14,15). The van der Waals surface area contributed by atoms with Gasteiger partial charge >= 0.3 is 0 Å². The molecule has 0 saturated carbocycles. The summed E-state index contributed by atoms with van der Waals surface area (Å²) in [6, 6.07) is 5.80. The smallest absolute Gasteiger partial charge is 0.129 e. The van der Waals surface area contributed by atoms with E-state index in [1.807, 2.05) is 25.1 Å². The van der Waals surface area contributed by atoms with Crippen LogP contribution in [-0.2, 0) is 0 Å². The van der Waals surface area contributed by atoms with Crippen LogP contribution in [0.15, 0.2) is 30.6 Å². The second-order valence-corrected chi connectivity index (χ2v) is 4.05. The van der Waals surface area contributed by atoms with Crippen molar-refractivity contribution in [3.05, 3.63) is 45.8 Å². The number of H-pyrrole nitrogens is 1. The van der Waals surface area contributed by atoms with Gasteiger partial charge < -0.3 is 4.98 Å². The number of aromatic nitrogens is 2. The summed E-state index contributed by atoms with van der Waals surface area (Å²) in [5.74, 6) is 0. The number of nitrogens with zero attached hydrogens (tertiary/aromatic N) is 1. The van der Waals surface area contributed by atoms with E-state index in [9.17, 15) is 0 Å². The molecule has 0 fully saturated rings. The summed E-state index contributed by atoms with van der Waals surface area (Å²) >= 11 is 11.2. The van der Waals surface area contributed by atoms with Crippen LogP contribution in [0.25, 0.3) is 11.3 Å². The number of halogens is 1. The highest BCUT2D eigenvalue weighted by molar-refractivity contribution is 7.71. The van der Waals surface area contributed by atoms with Gasteiger partial charge in [0.05, 0.1) is 0 Å². The first kappa shape index (κ1) is 10.3. The summed E-state index contributed by atoms with van der Waals surface area (Å²) in [7, 11) is 0. The fraction of sp³-hybridized carbons (Fsp3) is 0.0909. The van der Waals surface area contributed by atoms with Gasteiger partial charge in [-0.3, -0.25) is 4.98 Å². The van der Waals surface area contributed by atoms with E-state index in [-0.39, 0.29) is 0 Å². The van der Waals surface area contributed by atoms with E-state index in [0.717, 1.165) is 21.8 Å². The third kappa shape index (κ3) is 2.08. The Morgan fingerprint density at radius 3 is 2.87 bits per heavy atom. The summed E-state index contributed by atoms with van der Waals surface area (Å²) in [5, 5.41) is 0.729. The molecule has 0 unspecified atom stereocenters. The minimum absolute atomic E-state index is 0.623. The molecule has 0 spiro atoms. The maximum Gasteiger partial charge on any atom is 0.129 e. The van der Waals surface area contributed by atoms with Crippen LogP contribution in [0.1, 0.15) is 5.56 Å². The predicted molar refractivity (Wildman–Crippen MR) is 64.6 cm³/mol. The van der Waals surface area contributed by atoms with E-state index < -0.39 is 0 Å². The molecular formula is C11H9ClN2S. The van der Waals surface area contributed by atoms with Gasteiger partial charge in [0, 0.05) is 23.0 Å². The average molecular weight is 237 g/mol. The van der Waals surface area contributed by atoms with Crippen LogP contribution in [0, 0.1) is 11.6 Å². The molecular weight excluding hydrogens is 228 g/mol. The van der Waals surface area contributed by atoms with Crippen LogP contribution in [0.5, 0.6) is 0 Å². The molecule has 1 aromatic carbocycles. The zero-order chi connectivity index (χ0) is 10.8. The summed E-state index contributed by atoms with van der Waals surface area (Å²) in [6.45, 7) is 1.96. The highest BCUT2D eigenvalue weighted by Crippen LogP contribution is 2.23. The van der Waals surface area contributed by atoms with Crippen molar-refractivity contribution in [1.82, 2.24) is 9.97 Å². The van der Waals surface area contributed by atoms with Gasteiger partial charge in [0.25, 0.3) is 0 Å². The Hall–Kier alpha value is -1.19. The zero-order valence-electron chi connectivity index (χ0n) is 8.12. The molecule has 0 aliphatic carbocycles. The Morgan fingerprint density at radius 2 is 2.20 bits per heavy atom. The van der Waals surface area contributed by atoms with Crippen molar-refractivity contribution < 1.29 is 0 Å². The van der Waals surface area contributed by atoms with Gasteiger partial charge in [0.2, 0.25) is 0 Å². The van der Waals surface area contributed by atoms with Gasteiger partial charge in [0.15, 0.2) is 0 Å². The molecule has 15 heavy (non-hydrogen) atoms. The van der Waals surface area contributed by atoms with Crippen LogP contribution >= 0.6 is 23.8 Å². The molecule has 1 N–H and O–H groups in total. The van der Waals surface area contributed by atoms with Crippen LogP contribution in [0.2, 0.25) is 5.02 Å².